The number of fused-ring (bicyclic) bond motifs is 1. The van der Waals surface area contributed by atoms with Crippen LogP contribution in [0.2, 0.25) is 0 Å². The van der Waals surface area contributed by atoms with Gasteiger partial charge in [0.1, 0.15) is 11.8 Å². The van der Waals surface area contributed by atoms with Gasteiger partial charge in [0.25, 0.3) is 0 Å². The summed E-state index contributed by atoms with van der Waals surface area (Å²) in [7, 11) is 0. The molecule has 3 heterocycles. The van der Waals surface area contributed by atoms with E-state index in [0.717, 1.165) is 25.2 Å². The van der Waals surface area contributed by atoms with Crippen molar-refractivity contribution in [2.24, 2.45) is 0 Å². The van der Waals surface area contributed by atoms with Gasteiger partial charge in [0.2, 0.25) is 5.91 Å². The van der Waals surface area contributed by atoms with Crippen LogP contribution < -0.4 is 10.6 Å². The number of aromatic nitrogens is 4. The van der Waals surface area contributed by atoms with Crippen molar-refractivity contribution in [2.45, 2.75) is 32.2 Å². The number of imidazole rings is 1. The third-order valence-corrected chi connectivity index (χ3v) is 4.31. The molecule has 23 heavy (non-hydrogen) atoms. The highest BCUT2D eigenvalue weighted by molar-refractivity contribution is 5.82. The molecule has 0 radical (unpaired) electrons. The standard InChI is InChI=1S/C15H23N7O/c1-2-22-7-3-4-11(22)8-17-12(23)5-6-16-14-13-15(19-9-18-13)21-10-20-14/h9-11H,2-8H2,1H3,(H,17,23)(H2,16,18,19,20,21)/t11-/m0/s1. The van der Waals surface area contributed by atoms with Gasteiger partial charge in [-0.3, -0.25) is 9.69 Å². The molecule has 0 spiro atoms. The number of likely N-dealkylation sites (tertiary alicyclic amines) is 1. The van der Waals surface area contributed by atoms with E-state index in [9.17, 15) is 4.79 Å². The number of anilines is 1. The van der Waals surface area contributed by atoms with E-state index in [1.54, 1.807) is 6.33 Å². The highest BCUT2D eigenvalue weighted by atomic mass is 16.1. The zero-order valence-electron chi connectivity index (χ0n) is 13.4. The minimum Gasteiger partial charge on any atom is -0.368 e. The van der Waals surface area contributed by atoms with Crippen LogP contribution in [0.4, 0.5) is 5.82 Å². The molecule has 0 bridgehead atoms. The largest absolute Gasteiger partial charge is 0.368 e. The summed E-state index contributed by atoms with van der Waals surface area (Å²) < 4.78 is 0. The number of aromatic amines is 1. The van der Waals surface area contributed by atoms with Gasteiger partial charge in [-0.25, -0.2) is 15.0 Å². The molecule has 1 fully saturated rings. The van der Waals surface area contributed by atoms with Gasteiger partial charge >= 0.3 is 0 Å². The predicted molar refractivity (Wildman–Crippen MR) is 88.1 cm³/mol. The Balaban J connectivity index is 1.42. The molecule has 0 unspecified atom stereocenters. The molecular formula is C15H23N7O. The zero-order valence-corrected chi connectivity index (χ0v) is 13.4. The summed E-state index contributed by atoms with van der Waals surface area (Å²) in [6.07, 6.45) is 5.86. The van der Waals surface area contributed by atoms with E-state index < -0.39 is 0 Å². The molecule has 1 amide bonds. The molecule has 1 saturated heterocycles. The smallest absolute Gasteiger partial charge is 0.221 e. The van der Waals surface area contributed by atoms with Crippen molar-refractivity contribution in [3.63, 3.8) is 0 Å². The van der Waals surface area contributed by atoms with Crippen molar-refractivity contribution in [1.29, 1.82) is 0 Å². The molecule has 8 heteroatoms. The second-order valence-electron chi connectivity index (χ2n) is 5.73. The van der Waals surface area contributed by atoms with Crippen LogP contribution in [0, 0.1) is 0 Å². The molecule has 0 aliphatic carbocycles. The molecule has 8 nitrogen and oxygen atoms in total. The lowest BCUT2D eigenvalue weighted by Crippen LogP contribution is -2.40. The summed E-state index contributed by atoms with van der Waals surface area (Å²) in [6, 6.07) is 0.489. The first-order valence-corrected chi connectivity index (χ1v) is 8.16. The number of amides is 1. The van der Waals surface area contributed by atoms with Crippen LogP contribution in [0.15, 0.2) is 12.7 Å². The van der Waals surface area contributed by atoms with Crippen LogP contribution in [0.25, 0.3) is 11.2 Å². The Labute approximate surface area is 135 Å². The molecule has 1 atom stereocenters. The maximum atomic E-state index is 12.0. The van der Waals surface area contributed by atoms with Gasteiger partial charge in [-0.15, -0.1) is 0 Å². The van der Waals surface area contributed by atoms with Crippen LogP contribution in [0.1, 0.15) is 26.2 Å². The van der Waals surface area contributed by atoms with Crippen molar-refractivity contribution < 1.29 is 4.79 Å². The fourth-order valence-electron chi connectivity index (χ4n) is 3.06. The summed E-state index contributed by atoms with van der Waals surface area (Å²) in [4.78, 5) is 29.7. The molecule has 3 rings (SSSR count). The lowest BCUT2D eigenvalue weighted by Gasteiger charge is -2.22. The fraction of sp³-hybridized carbons (Fsp3) is 0.600. The number of nitrogens with one attached hydrogen (secondary N) is 3. The van der Waals surface area contributed by atoms with Crippen LogP contribution in [0.3, 0.4) is 0 Å². The first-order chi connectivity index (χ1) is 11.3. The summed E-state index contributed by atoms with van der Waals surface area (Å²) >= 11 is 0. The van der Waals surface area contributed by atoms with Crippen molar-refractivity contribution >= 4 is 22.9 Å². The Bertz CT molecular complexity index is 656. The number of rotatable bonds is 7. The van der Waals surface area contributed by atoms with Gasteiger partial charge in [-0.2, -0.15) is 0 Å². The number of H-pyrrole nitrogens is 1. The van der Waals surface area contributed by atoms with Gasteiger partial charge in [0.15, 0.2) is 11.5 Å². The average molecular weight is 317 g/mol. The Morgan fingerprint density at radius 2 is 2.35 bits per heavy atom. The Morgan fingerprint density at radius 3 is 3.22 bits per heavy atom. The van der Waals surface area contributed by atoms with Crippen LogP contribution in [-0.4, -0.2) is 63.0 Å². The number of carbonyl (C=O) groups is 1. The maximum Gasteiger partial charge on any atom is 0.221 e. The molecule has 1 aliphatic heterocycles. The van der Waals surface area contributed by atoms with Crippen LogP contribution in [-0.2, 0) is 4.79 Å². The Morgan fingerprint density at radius 1 is 1.43 bits per heavy atom. The third kappa shape index (κ3) is 3.76. The highest BCUT2D eigenvalue weighted by Gasteiger charge is 2.22. The van der Waals surface area contributed by atoms with E-state index in [-0.39, 0.29) is 5.91 Å². The second-order valence-corrected chi connectivity index (χ2v) is 5.73. The van der Waals surface area contributed by atoms with Crippen LogP contribution >= 0.6 is 0 Å². The van der Waals surface area contributed by atoms with Crippen molar-refractivity contribution in [3.05, 3.63) is 12.7 Å². The van der Waals surface area contributed by atoms with Crippen molar-refractivity contribution in [2.75, 3.05) is 31.5 Å². The highest BCUT2D eigenvalue weighted by Crippen LogP contribution is 2.16. The van der Waals surface area contributed by atoms with Gasteiger partial charge in [0, 0.05) is 25.6 Å². The van der Waals surface area contributed by atoms with E-state index in [2.05, 4.69) is 42.4 Å². The van der Waals surface area contributed by atoms with Crippen molar-refractivity contribution in [3.8, 4) is 0 Å². The fourth-order valence-corrected chi connectivity index (χ4v) is 3.06. The Hall–Kier alpha value is -2.22. The normalized spacial score (nSPS) is 18.4. The molecule has 3 N–H and O–H groups in total. The zero-order chi connectivity index (χ0) is 16.1. The maximum absolute atomic E-state index is 12.0. The predicted octanol–water partition coefficient (Wildman–Crippen LogP) is 0.755. The minimum atomic E-state index is 0.0652. The van der Waals surface area contributed by atoms with E-state index in [4.69, 9.17) is 0 Å². The minimum absolute atomic E-state index is 0.0652. The lowest BCUT2D eigenvalue weighted by atomic mass is 10.2. The molecule has 124 valence electrons. The summed E-state index contributed by atoms with van der Waals surface area (Å²) in [5, 5.41) is 6.19. The summed E-state index contributed by atoms with van der Waals surface area (Å²) in [6.45, 7) is 5.63. The van der Waals surface area contributed by atoms with E-state index in [1.807, 2.05) is 0 Å². The van der Waals surface area contributed by atoms with Crippen LogP contribution in [0.5, 0.6) is 0 Å². The van der Waals surface area contributed by atoms with E-state index >= 15 is 0 Å². The molecule has 0 saturated carbocycles. The molecule has 2 aromatic rings. The second kappa shape index (κ2) is 7.36. The molecule has 0 aromatic carbocycles. The number of nitrogens with zero attached hydrogens (tertiary/aromatic N) is 4. The van der Waals surface area contributed by atoms with Gasteiger partial charge < -0.3 is 15.6 Å². The first-order valence-electron chi connectivity index (χ1n) is 8.16. The monoisotopic (exact) mass is 317 g/mol. The third-order valence-electron chi connectivity index (χ3n) is 4.31. The summed E-state index contributed by atoms with van der Waals surface area (Å²) in [5.74, 6) is 0.739. The van der Waals surface area contributed by atoms with Gasteiger partial charge in [-0.05, 0) is 25.9 Å². The first kappa shape index (κ1) is 15.7. The van der Waals surface area contributed by atoms with E-state index in [0.29, 0.717) is 30.5 Å². The quantitative estimate of drug-likeness (QED) is 0.697. The molecule has 2 aromatic heterocycles. The van der Waals surface area contributed by atoms with Crippen molar-refractivity contribution in [1.82, 2.24) is 30.2 Å². The number of likely N-dealkylation sites (N-methyl/N-ethyl adjacent to an activating group) is 1. The Kier molecular flexibility index (Phi) is 5.02. The summed E-state index contributed by atoms with van der Waals surface area (Å²) in [5.41, 5.74) is 1.38. The molecular weight excluding hydrogens is 294 g/mol. The van der Waals surface area contributed by atoms with E-state index in [1.165, 1.54) is 19.2 Å². The topological polar surface area (TPSA) is 98.8 Å². The number of carbonyl (C=O) groups excluding carboxylic acids is 1. The molecule has 1 aliphatic rings. The lowest BCUT2D eigenvalue weighted by molar-refractivity contribution is -0.121. The number of hydrogen-bond acceptors (Lipinski definition) is 6. The van der Waals surface area contributed by atoms with Gasteiger partial charge in [-0.1, -0.05) is 6.92 Å². The average Bonchev–Trinajstić information content (AvgIpc) is 3.21. The van der Waals surface area contributed by atoms with Gasteiger partial charge in [0.05, 0.1) is 6.33 Å². The number of hydrogen-bond donors (Lipinski definition) is 3. The SMILES string of the molecule is CCN1CCC[C@H]1CNC(=O)CCNc1ncnc2nc[nH]c12.